The van der Waals surface area contributed by atoms with Crippen LogP contribution in [0.25, 0.3) is 0 Å². The molecule has 0 fully saturated rings. The molecule has 4 N–H and O–H groups in total. The van der Waals surface area contributed by atoms with E-state index in [0.29, 0.717) is 13.0 Å². The molecule has 5 nitrogen and oxygen atoms in total. The molecule has 15 heavy (non-hydrogen) atoms. The molecule has 0 aliphatic rings. The number of H-pyrrole nitrogens is 1. The number of hydrogen-bond acceptors (Lipinski definition) is 3. The van der Waals surface area contributed by atoms with Crippen LogP contribution >= 0.6 is 0 Å². The van der Waals surface area contributed by atoms with Gasteiger partial charge >= 0.3 is 0 Å². The maximum Gasteiger partial charge on any atom is 0.225 e. The number of aryl methyl sites for hydroxylation is 1. The Balaban J connectivity index is 2.54. The highest BCUT2D eigenvalue weighted by atomic mass is 16.1. The first kappa shape index (κ1) is 11.7. The van der Waals surface area contributed by atoms with Crippen molar-refractivity contribution in [1.82, 2.24) is 15.5 Å². The molecule has 0 spiro atoms. The Labute approximate surface area is 89.4 Å². The number of nitrogens with one attached hydrogen (secondary N) is 2. The Morgan fingerprint density at radius 1 is 1.67 bits per heavy atom. The summed E-state index contributed by atoms with van der Waals surface area (Å²) in [6.07, 6.45) is 2.01. The molecule has 0 aliphatic heterocycles. The topological polar surface area (TPSA) is 83.8 Å². The number of rotatable bonds is 4. The van der Waals surface area contributed by atoms with Gasteiger partial charge in [0.1, 0.15) is 0 Å². The molecular formula is C10H18N4O. The molecule has 1 amide bonds. The standard InChI is InChI=1S/C10H18N4O/c1-7-8(5-12-14-7)4-9(15)13-10(2,3)6-11/h5H,4,6,11H2,1-3H3,(H,12,14)(H,13,15). The van der Waals surface area contributed by atoms with Crippen LogP contribution in [-0.4, -0.2) is 28.2 Å². The first-order chi connectivity index (χ1) is 6.94. The molecule has 1 rings (SSSR count). The van der Waals surface area contributed by atoms with Gasteiger partial charge in [0.15, 0.2) is 0 Å². The maximum absolute atomic E-state index is 11.6. The van der Waals surface area contributed by atoms with Crippen molar-refractivity contribution in [2.45, 2.75) is 32.7 Å². The second kappa shape index (κ2) is 4.44. The summed E-state index contributed by atoms with van der Waals surface area (Å²) in [6.45, 7) is 6.10. The third-order valence-electron chi connectivity index (χ3n) is 2.27. The van der Waals surface area contributed by atoms with Crippen molar-refractivity contribution in [3.8, 4) is 0 Å². The highest BCUT2D eigenvalue weighted by Crippen LogP contribution is 2.05. The van der Waals surface area contributed by atoms with E-state index in [2.05, 4.69) is 15.5 Å². The van der Waals surface area contributed by atoms with Crippen molar-refractivity contribution in [3.05, 3.63) is 17.5 Å². The monoisotopic (exact) mass is 210 g/mol. The number of carbonyl (C=O) groups is 1. The molecule has 1 aromatic heterocycles. The fourth-order valence-corrected chi connectivity index (χ4v) is 1.20. The van der Waals surface area contributed by atoms with E-state index in [1.165, 1.54) is 0 Å². The second-order valence-electron chi connectivity index (χ2n) is 4.33. The van der Waals surface area contributed by atoms with Gasteiger partial charge in [-0.15, -0.1) is 0 Å². The van der Waals surface area contributed by atoms with Crippen LogP contribution in [0.1, 0.15) is 25.1 Å². The fourth-order valence-electron chi connectivity index (χ4n) is 1.20. The average Bonchev–Trinajstić information content (AvgIpc) is 2.51. The van der Waals surface area contributed by atoms with Crippen molar-refractivity contribution in [2.75, 3.05) is 6.54 Å². The van der Waals surface area contributed by atoms with Gasteiger partial charge in [0.05, 0.1) is 12.6 Å². The zero-order valence-electron chi connectivity index (χ0n) is 9.42. The van der Waals surface area contributed by atoms with Gasteiger partial charge in [0.25, 0.3) is 0 Å². The number of carbonyl (C=O) groups excluding carboxylic acids is 1. The maximum atomic E-state index is 11.6. The Bertz CT molecular complexity index is 343. The molecule has 84 valence electrons. The largest absolute Gasteiger partial charge is 0.350 e. The summed E-state index contributed by atoms with van der Waals surface area (Å²) in [6, 6.07) is 0. The molecule has 5 heteroatoms. The predicted molar refractivity (Wildman–Crippen MR) is 58.3 cm³/mol. The van der Waals surface area contributed by atoms with Crippen LogP contribution < -0.4 is 11.1 Å². The normalized spacial score (nSPS) is 11.5. The molecule has 0 saturated carbocycles. The molecule has 0 aromatic carbocycles. The lowest BCUT2D eigenvalue weighted by molar-refractivity contribution is -0.121. The molecule has 0 radical (unpaired) electrons. The van der Waals surface area contributed by atoms with Gasteiger partial charge in [-0.05, 0) is 20.8 Å². The Morgan fingerprint density at radius 2 is 2.33 bits per heavy atom. The van der Waals surface area contributed by atoms with Gasteiger partial charge in [0.2, 0.25) is 5.91 Å². The SMILES string of the molecule is Cc1[nH]ncc1CC(=O)NC(C)(C)CN. The lowest BCUT2D eigenvalue weighted by atomic mass is 10.1. The van der Waals surface area contributed by atoms with Gasteiger partial charge in [-0.3, -0.25) is 9.89 Å². The van der Waals surface area contributed by atoms with E-state index in [1.807, 2.05) is 20.8 Å². The second-order valence-corrected chi connectivity index (χ2v) is 4.33. The predicted octanol–water partition coefficient (Wildman–Crippen LogP) is 0.114. The number of aromatic amines is 1. The minimum Gasteiger partial charge on any atom is -0.350 e. The highest BCUT2D eigenvalue weighted by molar-refractivity contribution is 5.79. The van der Waals surface area contributed by atoms with E-state index >= 15 is 0 Å². The third kappa shape index (κ3) is 3.36. The summed E-state index contributed by atoms with van der Waals surface area (Å²) in [4.78, 5) is 11.6. The van der Waals surface area contributed by atoms with Crippen molar-refractivity contribution in [1.29, 1.82) is 0 Å². The van der Waals surface area contributed by atoms with Gasteiger partial charge in [-0.1, -0.05) is 0 Å². The van der Waals surface area contributed by atoms with Crippen LogP contribution in [0.15, 0.2) is 6.20 Å². The van der Waals surface area contributed by atoms with Crippen molar-refractivity contribution in [3.63, 3.8) is 0 Å². The first-order valence-electron chi connectivity index (χ1n) is 4.94. The van der Waals surface area contributed by atoms with E-state index in [4.69, 9.17) is 5.73 Å². The van der Waals surface area contributed by atoms with Crippen molar-refractivity contribution >= 4 is 5.91 Å². The first-order valence-corrected chi connectivity index (χ1v) is 4.94. The third-order valence-corrected chi connectivity index (χ3v) is 2.27. The summed E-state index contributed by atoms with van der Waals surface area (Å²) < 4.78 is 0. The summed E-state index contributed by atoms with van der Waals surface area (Å²) >= 11 is 0. The van der Waals surface area contributed by atoms with E-state index in [1.54, 1.807) is 6.20 Å². The number of amides is 1. The number of aromatic nitrogens is 2. The van der Waals surface area contributed by atoms with Crippen molar-refractivity contribution in [2.24, 2.45) is 5.73 Å². The summed E-state index contributed by atoms with van der Waals surface area (Å²) in [5, 5.41) is 9.52. The van der Waals surface area contributed by atoms with E-state index in [0.717, 1.165) is 11.3 Å². The lowest BCUT2D eigenvalue weighted by Gasteiger charge is -2.24. The van der Waals surface area contributed by atoms with Gasteiger partial charge in [0, 0.05) is 23.3 Å². The summed E-state index contributed by atoms with van der Waals surface area (Å²) in [5.74, 6) is -0.0325. The van der Waals surface area contributed by atoms with Crippen LogP contribution in [0.4, 0.5) is 0 Å². The highest BCUT2D eigenvalue weighted by Gasteiger charge is 2.18. The summed E-state index contributed by atoms with van der Waals surface area (Å²) in [5.41, 5.74) is 7.02. The number of nitrogens with zero attached hydrogens (tertiary/aromatic N) is 1. The van der Waals surface area contributed by atoms with Crippen LogP contribution in [-0.2, 0) is 11.2 Å². The van der Waals surface area contributed by atoms with Gasteiger partial charge in [-0.25, -0.2) is 0 Å². The zero-order chi connectivity index (χ0) is 11.5. The van der Waals surface area contributed by atoms with E-state index in [-0.39, 0.29) is 11.4 Å². The molecule has 1 heterocycles. The Kier molecular flexibility index (Phi) is 3.47. The fraction of sp³-hybridized carbons (Fsp3) is 0.600. The average molecular weight is 210 g/mol. The zero-order valence-corrected chi connectivity index (χ0v) is 9.42. The van der Waals surface area contributed by atoms with Crippen molar-refractivity contribution < 1.29 is 4.79 Å². The van der Waals surface area contributed by atoms with E-state index in [9.17, 15) is 4.79 Å². The number of hydrogen-bond donors (Lipinski definition) is 3. The van der Waals surface area contributed by atoms with Crippen LogP contribution in [0, 0.1) is 6.92 Å². The van der Waals surface area contributed by atoms with Gasteiger partial charge < -0.3 is 11.1 Å². The molecule has 0 bridgehead atoms. The molecule has 0 aliphatic carbocycles. The molecule has 1 aromatic rings. The van der Waals surface area contributed by atoms with E-state index < -0.39 is 0 Å². The Hall–Kier alpha value is -1.36. The lowest BCUT2D eigenvalue weighted by Crippen LogP contribution is -2.49. The smallest absolute Gasteiger partial charge is 0.225 e. The van der Waals surface area contributed by atoms with Crippen LogP contribution in [0.3, 0.4) is 0 Å². The quantitative estimate of drug-likeness (QED) is 0.659. The van der Waals surface area contributed by atoms with Crippen LogP contribution in [0.2, 0.25) is 0 Å². The minimum absolute atomic E-state index is 0.0325. The summed E-state index contributed by atoms with van der Waals surface area (Å²) in [7, 11) is 0. The molecule has 0 saturated heterocycles. The molecule has 0 unspecified atom stereocenters. The Morgan fingerprint density at radius 3 is 2.80 bits per heavy atom. The molecular weight excluding hydrogens is 192 g/mol. The number of nitrogens with two attached hydrogens (primary N) is 1. The van der Waals surface area contributed by atoms with Gasteiger partial charge in [-0.2, -0.15) is 5.10 Å². The minimum atomic E-state index is -0.352. The molecule has 0 atom stereocenters. The van der Waals surface area contributed by atoms with Crippen LogP contribution in [0.5, 0.6) is 0 Å².